The lowest BCUT2D eigenvalue weighted by Gasteiger charge is -2.28. The van der Waals surface area contributed by atoms with Gasteiger partial charge < -0.3 is 24.6 Å². The van der Waals surface area contributed by atoms with Gasteiger partial charge in [-0.05, 0) is 26.2 Å². The van der Waals surface area contributed by atoms with E-state index >= 15 is 0 Å². The van der Waals surface area contributed by atoms with Crippen LogP contribution in [0.1, 0.15) is 57.9 Å². The number of pyridine rings is 1. The molecule has 1 aromatic heterocycles. The summed E-state index contributed by atoms with van der Waals surface area (Å²) in [7, 11) is 1.37. The molecule has 0 aromatic carbocycles. The molecule has 8 heteroatoms. The van der Waals surface area contributed by atoms with Gasteiger partial charge in [0.25, 0.3) is 5.91 Å². The second-order valence-electron chi connectivity index (χ2n) is 6.98. The number of unbranched alkanes of at least 4 members (excludes halogenated alkanes) is 1. The SMILES string of the molecule is CCCCO[C@@H](C)C(OC(=O)[C@H](C)NC(=O)c1nccc(OC)c1O)C(C)C. The molecule has 3 atom stereocenters. The Hall–Kier alpha value is -2.35. The zero-order valence-corrected chi connectivity index (χ0v) is 17.5. The topological polar surface area (TPSA) is 107 Å². The summed E-state index contributed by atoms with van der Waals surface area (Å²) in [6.07, 6.45) is 2.59. The quantitative estimate of drug-likeness (QED) is 0.437. The van der Waals surface area contributed by atoms with E-state index < -0.39 is 24.0 Å². The minimum Gasteiger partial charge on any atom is -0.503 e. The summed E-state index contributed by atoms with van der Waals surface area (Å²) in [6, 6.07) is 0.501. The molecule has 0 bridgehead atoms. The number of rotatable bonds is 11. The minimum absolute atomic E-state index is 0.0487. The Morgan fingerprint density at radius 1 is 1.25 bits per heavy atom. The van der Waals surface area contributed by atoms with E-state index in [-0.39, 0.29) is 29.2 Å². The van der Waals surface area contributed by atoms with Crippen LogP contribution in [0.4, 0.5) is 0 Å². The smallest absolute Gasteiger partial charge is 0.328 e. The van der Waals surface area contributed by atoms with Crippen LogP contribution in [0.15, 0.2) is 12.3 Å². The summed E-state index contributed by atoms with van der Waals surface area (Å²) in [6.45, 7) is 9.95. The van der Waals surface area contributed by atoms with E-state index in [1.807, 2.05) is 20.8 Å². The fourth-order valence-electron chi connectivity index (χ4n) is 2.61. The van der Waals surface area contributed by atoms with Gasteiger partial charge in [-0.25, -0.2) is 9.78 Å². The summed E-state index contributed by atoms with van der Waals surface area (Å²) < 4.78 is 16.3. The Morgan fingerprint density at radius 3 is 2.50 bits per heavy atom. The van der Waals surface area contributed by atoms with Crippen molar-refractivity contribution in [2.24, 2.45) is 5.92 Å². The number of aromatic hydroxyl groups is 1. The van der Waals surface area contributed by atoms with Crippen LogP contribution in [0.5, 0.6) is 11.5 Å². The van der Waals surface area contributed by atoms with Gasteiger partial charge in [-0.3, -0.25) is 4.79 Å². The zero-order chi connectivity index (χ0) is 21.3. The van der Waals surface area contributed by atoms with E-state index in [1.54, 1.807) is 0 Å². The van der Waals surface area contributed by atoms with Gasteiger partial charge in [0.1, 0.15) is 12.1 Å². The van der Waals surface area contributed by atoms with E-state index in [2.05, 4.69) is 17.2 Å². The Kier molecular flexibility index (Phi) is 9.72. The van der Waals surface area contributed by atoms with Gasteiger partial charge in [-0.1, -0.05) is 27.2 Å². The molecule has 1 aromatic rings. The number of ether oxygens (including phenoxy) is 3. The fraction of sp³-hybridized carbons (Fsp3) is 0.650. The molecule has 0 aliphatic carbocycles. The van der Waals surface area contributed by atoms with Crippen molar-refractivity contribution in [3.8, 4) is 11.5 Å². The summed E-state index contributed by atoms with van der Waals surface area (Å²) in [5, 5.41) is 12.5. The van der Waals surface area contributed by atoms with Gasteiger partial charge >= 0.3 is 5.97 Å². The standard InChI is InChI=1S/C20H32N2O6/c1-7-8-11-27-14(5)18(12(2)3)28-20(25)13(4)22-19(24)16-17(23)15(26-6)9-10-21-16/h9-10,12-14,18,23H,7-8,11H2,1-6H3,(H,22,24)/t13-,14-,18?/m0/s1. The van der Waals surface area contributed by atoms with E-state index in [1.165, 1.54) is 26.3 Å². The molecular weight excluding hydrogens is 364 g/mol. The Labute approximate surface area is 166 Å². The second kappa shape index (κ2) is 11.5. The van der Waals surface area contributed by atoms with Crippen LogP contribution >= 0.6 is 0 Å². The number of esters is 1. The summed E-state index contributed by atoms with van der Waals surface area (Å²) in [4.78, 5) is 28.7. The highest BCUT2D eigenvalue weighted by atomic mass is 16.6. The molecule has 28 heavy (non-hydrogen) atoms. The lowest BCUT2D eigenvalue weighted by molar-refractivity contribution is -0.162. The first-order chi connectivity index (χ1) is 13.2. The van der Waals surface area contributed by atoms with E-state index in [0.717, 1.165) is 12.8 Å². The lowest BCUT2D eigenvalue weighted by atomic mass is 10.0. The third-order valence-electron chi connectivity index (χ3n) is 4.27. The molecule has 8 nitrogen and oxygen atoms in total. The summed E-state index contributed by atoms with van der Waals surface area (Å²) in [5.41, 5.74) is -0.226. The number of methoxy groups -OCH3 is 1. The van der Waals surface area contributed by atoms with Crippen LogP contribution in [-0.4, -0.2) is 53.9 Å². The molecule has 0 spiro atoms. The van der Waals surface area contributed by atoms with Crippen molar-refractivity contribution in [1.29, 1.82) is 0 Å². The zero-order valence-electron chi connectivity index (χ0n) is 17.5. The number of carbonyl (C=O) groups is 2. The predicted molar refractivity (Wildman–Crippen MR) is 104 cm³/mol. The van der Waals surface area contributed by atoms with Crippen LogP contribution in [0, 0.1) is 5.92 Å². The highest BCUT2D eigenvalue weighted by Gasteiger charge is 2.29. The van der Waals surface area contributed by atoms with Crippen molar-refractivity contribution >= 4 is 11.9 Å². The number of hydrogen-bond donors (Lipinski definition) is 2. The van der Waals surface area contributed by atoms with Crippen molar-refractivity contribution in [1.82, 2.24) is 10.3 Å². The monoisotopic (exact) mass is 396 g/mol. The average molecular weight is 396 g/mol. The lowest BCUT2D eigenvalue weighted by Crippen LogP contribution is -2.44. The van der Waals surface area contributed by atoms with E-state index in [0.29, 0.717) is 6.61 Å². The normalized spacial score (nSPS) is 14.2. The predicted octanol–water partition coefficient (Wildman–Crippen LogP) is 2.69. The largest absolute Gasteiger partial charge is 0.503 e. The van der Waals surface area contributed by atoms with E-state index in [9.17, 15) is 14.7 Å². The van der Waals surface area contributed by atoms with Crippen LogP contribution in [0.2, 0.25) is 0 Å². The molecule has 0 saturated carbocycles. The molecule has 1 heterocycles. The number of amides is 1. The summed E-state index contributed by atoms with van der Waals surface area (Å²) >= 11 is 0. The van der Waals surface area contributed by atoms with Crippen LogP contribution in [0.25, 0.3) is 0 Å². The average Bonchev–Trinajstić information content (AvgIpc) is 2.65. The first-order valence-corrected chi connectivity index (χ1v) is 9.57. The highest BCUT2D eigenvalue weighted by Crippen LogP contribution is 2.27. The van der Waals surface area contributed by atoms with E-state index in [4.69, 9.17) is 14.2 Å². The van der Waals surface area contributed by atoms with Gasteiger partial charge in [0.2, 0.25) is 0 Å². The Bertz CT molecular complexity index is 650. The number of nitrogens with zero attached hydrogens (tertiary/aromatic N) is 1. The van der Waals surface area contributed by atoms with Gasteiger partial charge in [0.15, 0.2) is 17.2 Å². The molecule has 0 aliphatic rings. The van der Waals surface area contributed by atoms with Gasteiger partial charge in [0, 0.05) is 18.9 Å². The second-order valence-corrected chi connectivity index (χ2v) is 6.98. The summed E-state index contributed by atoms with van der Waals surface area (Å²) in [5.74, 6) is -1.50. The molecule has 1 rings (SSSR count). The molecule has 1 unspecified atom stereocenters. The molecular formula is C20H32N2O6. The molecule has 2 N–H and O–H groups in total. The van der Waals surface area contributed by atoms with Crippen LogP contribution in [0.3, 0.4) is 0 Å². The van der Waals surface area contributed by atoms with Crippen molar-refractivity contribution in [2.75, 3.05) is 13.7 Å². The van der Waals surface area contributed by atoms with Crippen molar-refractivity contribution in [3.63, 3.8) is 0 Å². The fourth-order valence-corrected chi connectivity index (χ4v) is 2.61. The Morgan fingerprint density at radius 2 is 1.93 bits per heavy atom. The number of nitrogens with one attached hydrogen (secondary N) is 1. The van der Waals surface area contributed by atoms with Gasteiger partial charge in [-0.15, -0.1) is 0 Å². The van der Waals surface area contributed by atoms with Crippen LogP contribution in [-0.2, 0) is 14.3 Å². The van der Waals surface area contributed by atoms with Crippen molar-refractivity contribution in [3.05, 3.63) is 18.0 Å². The number of carbonyl (C=O) groups excluding carboxylic acids is 2. The highest BCUT2D eigenvalue weighted by molar-refractivity contribution is 5.97. The van der Waals surface area contributed by atoms with Crippen LogP contribution < -0.4 is 10.1 Å². The van der Waals surface area contributed by atoms with Gasteiger partial charge in [0.05, 0.1) is 13.2 Å². The molecule has 0 radical (unpaired) electrons. The molecule has 1 amide bonds. The van der Waals surface area contributed by atoms with Crippen molar-refractivity contribution in [2.45, 2.75) is 65.7 Å². The van der Waals surface area contributed by atoms with Gasteiger partial charge in [-0.2, -0.15) is 0 Å². The molecule has 0 fully saturated rings. The third kappa shape index (κ3) is 6.67. The first kappa shape index (κ1) is 23.7. The maximum absolute atomic E-state index is 12.5. The molecule has 0 saturated heterocycles. The molecule has 158 valence electrons. The third-order valence-corrected chi connectivity index (χ3v) is 4.27. The number of hydrogen-bond acceptors (Lipinski definition) is 7. The molecule has 0 aliphatic heterocycles. The van der Waals surface area contributed by atoms with Crippen molar-refractivity contribution < 1.29 is 28.9 Å². The maximum Gasteiger partial charge on any atom is 0.328 e. The maximum atomic E-state index is 12.5. The minimum atomic E-state index is -0.927. The Balaban J connectivity index is 2.73. The first-order valence-electron chi connectivity index (χ1n) is 9.57. The number of aromatic nitrogens is 1.